The van der Waals surface area contributed by atoms with Gasteiger partial charge in [-0.25, -0.2) is 19.3 Å². The van der Waals surface area contributed by atoms with Crippen molar-refractivity contribution < 1.29 is 4.39 Å². The number of nitrogen functional groups attached to an aromatic ring is 1. The van der Waals surface area contributed by atoms with Gasteiger partial charge in [-0.15, -0.1) is 6.42 Å². The summed E-state index contributed by atoms with van der Waals surface area (Å²) in [6, 6.07) is 15.0. The van der Waals surface area contributed by atoms with Crippen molar-refractivity contribution in [2.45, 2.75) is 0 Å². The number of aromatic nitrogens is 3. The third-order valence-electron chi connectivity index (χ3n) is 6.00. The average molecular weight is 439 g/mol. The summed E-state index contributed by atoms with van der Waals surface area (Å²) >= 11 is 0. The highest BCUT2D eigenvalue weighted by atomic mass is 19.1. The molecule has 1 fully saturated rings. The Morgan fingerprint density at radius 1 is 0.909 bits per heavy atom. The first kappa shape index (κ1) is 20.9. The molecule has 0 saturated carbocycles. The maximum Gasteiger partial charge on any atom is 0.147 e. The van der Waals surface area contributed by atoms with E-state index in [-0.39, 0.29) is 5.82 Å². The molecule has 0 amide bonds. The van der Waals surface area contributed by atoms with E-state index in [1.54, 1.807) is 12.3 Å². The van der Waals surface area contributed by atoms with Gasteiger partial charge < -0.3 is 10.6 Å². The van der Waals surface area contributed by atoms with E-state index in [1.165, 1.54) is 6.33 Å². The van der Waals surface area contributed by atoms with E-state index in [4.69, 9.17) is 12.2 Å². The van der Waals surface area contributed by atoms with Gasteiger partial charge in [-0.1, -0.05) is 18.1 Å². The number of piperazine rings is 1. The Morgan fingerprint density at radius 2 is 1.70 bits per heavy atom. The Bertz CT molecular complexity index is 1350. The Labute approximate surface area is 191 Å². The van der Waals surface area contributed by atoms with Crippen molar-refractivity contribution in [3.63, 3.8) is 0 Å². The molecule has 1 aliphatic rings. The minimum Gasteiger partial charge on any atom is -0.384 e. The largest absolute Gasteiger partial charge is 0.384 e. The Balaban J connectivity index is 1.48. The molecule has 1 saturated heterocycles. The second-order valence-electron chi connectivity index (χ2n) is 8.06. The van der Waals surface area contributed by atoms with E-state index in [0.29, 0.717) is 29.3 Å². The van der Waals surface area contributed by atoms with Gasteiger partial charge in [-0.2, -0.15) is 0 Å². The Hall–Kier alpha value is -4.02. The number of fused-ring (bicyclic) bond motifs is 1. The number of anilines is 2. The van der Waals surface area contributed by atoms with Gasteiger partial charge in [0.15, 0.2) is 0 Å². The fourth-order valence-corrected chi connectivity index (χ4v) is 4.28. The van der Waals surface area contributed by atoms with Crippen molar-refractivity contribution in [1.29, 1.82) is 0 Å². The van der Waals surface area contributed by atoms with Crippen LogP contribution in [0.3, 0.4) is 0 Å². The van der Waals surface area contributed by atoms with E-state index in [1.807, 2.05) is 42.5 Å². The van der Waals surface area contributed by atoms with Crippen molar-refractivity contribution >= 4 is 22.4 Å². The molecule has 1 aliphatic heterocycles. The molecule has 4 aromatic rings. The second-order valence-corrected chi connectivity index (χ2v) is 8.06. The molecular formula is C26H23FN6. The molecule has 2 aromatic carbocycles. The first-order chi connectivity index (χ1) is 16.1. The van der Waals surface area contributed by atoms with Crippen LogP contribution in [0.5, 0.6) is 0 Å². The van der Waals surface area contributed by atoms with Gasteiger partial charge in [0.05, 0.1) is 23.4 Å². The monoisotopic (exact) mass is 438 g/mol. The number of rotatable bonds is 4. The van der Waals surface area contributed by atoms with E-state index >= 15 is 4.39 Å². The number of pyridine rings is 1. The fourth-order valence-electron chi connectivity index (χ4n) is 4.28. The summed E-state index contributed by atoms with van der Waals surface area (Å²) in [7, 11) is 0. The van der Waals surface area contributed by atoms with Crippen LogP contribution < -0.4 is 10.6 Å². The highest BCUT2D eigenvalue weighted by Gasteiger charge is 2.20. The molecule has 164 valence electrons. The summed E-state index contributed by atoms with van der Waals surface area (Å²) < 4.78 is 15.2. The first-order valence-electron chi connectivity index (χ1n) is 10.8. The molecular weight excluding hydrogens is 415 g/mol. The third-order valence-corrected chi connectivity index (χ3v) is 6.00. The molecule has 7 heteroatoms. The molecule has 3 heterocycles. The Morgan fingerprint density at radius 3 is 2.45 bits per heavy atom. The van der Waals surface area contributed by atoms with Gasteiger partial charge in [-0.3, -0.25) is 4.90 Å². The molecule has 5 rings (SSSR count). The van der Waals surface area contributed by atoms with Crippen molar-refractivity contribution in [2.75, 3.05) is 43.4 Å². The van der Waals surface area contributed by atoms with Crippen molar-refractivity contribution in [3.8, 4) is 34.7 Å². The van der Waals surface area contributed by atoms with Crippen LogP contribution in [0, 0.1) is 18.2 Å². The van der Waals surface area contributed by atoms with Crippen LogP contribution in [0.25, 0.3) is 33.3 Å². The van der Waals surface area contributed by atoms with Crippen LogP contribution in [-0.2, 0) is 0 Å². The molecule has 2 aromatic heterocycles. The molecule has 0 radical (unpaired) electrons. The Kier molecular flexibility index (Phi) is 5.59. The van der Waals surface area contributed by atoms with Crippen molar-refractivity contribution in [2.24, 2.45) is 0 Å². The van der Waals surface area contributed by atoms with Gasteiger partial charge in [0, 0.05) is 43.3 Å². The smallest absolute Gasteiger partial charge is 0.147 e. The maximum atomic E-state index is 15.2. The summed E-state index contributed by atoms with van der Waals surface area (Å²) in [6.45, 7) is 3.76. The molecule has 0 spiro atoms. The number of nitrogens with two attached hydrogens (primary N) is 1. The summed E-state index contributed by atoms with van der Waals surface area (Å²) in [5.74, 6) is 2.86. The highest BCUT2D eigenvalue weighted by Crippen LogP contribution is 2.32. The highest BCUT2D eigenvalue weighted by molar-refractivity contribution is 5.95. The van der Waals surface area contributed by atoms with Crippen LogP contribution in [0.2, 0.25) is 0 Å². The predicted octanol–water partition coefficient (Wildman–Crippen LogP) is 3.84. The SMILES string of the molecule is C#CCN1CCN(c2ccc(-c3ncnc4ccc(-c5ccnc(N)c5)cc34)cc2F)CC1. The number of halogens is 1. The van der Waals surface area contributed by atoms with Crippen LogP contribution >= 0.6 is 0 Å². The lowest BCUT2D eigenvalue weighted by molar-refractivity contribution is 0.287. The molecule has 2 N–H and O–H groups in total. The van der Waals surface area contributed by atoms with Crippen molar-refractivity contribution in [1.82, 2.24) is 19.9 Å². The molecule has 0 atom stereocenters. The van der Waals surface area contributed by atoms with Crippen LogP contribution in [0.1, 0.15) is 0 Å². The molecule has 6 nitrogen and oxygen atoms in total. The minimum absolute atomic E-state index is 0.261. The summed E-state index contributed by atoms with van der Waals surface area (Å²) in [4.78, 5) is 17.2. The number of terminal acetylenes is 1. The topological polar surface area (TPSA) is 71.2 Å². The molecule has 0 aliphatic carbocycles. The zero-order valence-corrected chi connectivity index (χ0v) is 18.1. The number of hydrogen-bond acceptors (Lipinski definition) is 6. The normalized spacial score (nSPS) is 14.4. The molecule has 33 heavy (non-hydrogen) atoms. The van der Waals surface area contributed by atoms with E-state index < -0.39 is 0 Å². The van der Waals surface area contributed by atoms with Crippen molar-refractivity contribution in [3.05, 3.63) is 66.9 Å². The quantitative estimate of drug-likeness (QED) is 0.488. The lowest BCUT2D eigenvalue weighted by Crippen LogP contribution is -2.46. The standard InChI is InChI=1S/C26H23FN6/c1-2-9-32-10-12-33(13-11-32)24-6-4-20(15-22(24)27)26-21-14-18(3-5-23(21)30-17-31-26)19-7-8-29-25(28)16-19/h1,3-8,14-17H,9-13H2,(H2,28,29). The number of benzene rings is 2. The van der Waals surface area contributed by atoms with Gasteiger partial charge >= 0.3 is 0 Å². The third kappa shape index (κ3) is 4.21. The summed E-state index contributed by atoms with van der Waals surface area (Å²) in [6.07, 6.45) is 8.60. The van der Waals surface area contributed by atoms with E-state index in [9.17, 15) is 0 Å². The van der Waals surface area contributed by atoms with Gasteiger partial charge in [0.2, 0.25) is 0 Å². The summed E-state index contributed by atoms with van der Waals surface area (Å²) in [5.41, 5.74) is 10.6. The average Bonchev–Trinajstić information content (AvgIpc) is 2.84. The van der Waals surface area contributed by atoms with Crippen LogP contribution in [0.15, 0.2) is 61.1 Å². The second kappa shape index (κ2) is 8.85. The van der Waals surface area contributed by atoms with Gasteiger partial charge in [-0.05, 0) is 47.5 Å². The molecule has 0 unspecified atom stereocenters. The van der Waals surface area contributed by atoms with E-state index in [2.05, 4.69) is 30.7 Å². The van der Waals surface area contributed by atoms with Gasteiger partial charge in [0.1, 0.15) is 18.0 Å². The summed E-state index contributed by atoms with van der Waals surface area (Å²) in [5, 5.41) is 0.848. The lowest BCUT2D eigenvalue weighted by Gasteiger charge is -2.35. The number of hydrogen-bond donors (Lipinski definition) is 1. The fraction of sp³-hybridized carbons (Fsp3) is 0.192. The minimum atomic E-state index is -0.261. The zero-order chi connectivity index (χ0) is 22.8. The number of nitrogens with zero attached hydrogens (tertiary/aromatic N) is 5. The maximum absolute atomic E-state index is 15.2. The molecule has 0 bridgehead atoms. The zero-order valence-electron chi connectivity index (χ0n) is 18.1. The van der Waals surface area contributed by atoms with Crippen LogP contribution in [0.4, 0.5) is 15.9 Å². The van der Waals surface area contributed by atoms with Gasteiger partial charge in [0.25, 0.3) is 0 Å². The first-order valence-corrected chi connectivity index (χ1v) is 10.8. The van der Waals surface area contributed by atoms with Crippen LogP contribution in [-0.4, -0.2) is 52.6 Å². The van der Waals surface area contributed by atoms with E-state index in [0.717, 1.165) is 48.2 Å². The lowest BCUT2D eigenvalue weighted by atomic mass is 10.0. The predicted molar refractivity (Wildman–Crippen MR) is 130 cm³/mol.